The van der Waals surface area contributed by atoms with E-state index in [0.717, 1.165) is 0 Å². The molecule has 0 aromatic carbocycles. The minimum atomic E-state index is 0.546. The Morgan fingerprint density at radius 3 is 3.44 bits per heavy atom. The van der Waals surface area contributed by atoms with Gasteiger partial charge in [-0.05, 0) is 0 Å². The molecule has 0 aliphatic rings. The van der Waals surface area contributed by atoms with Crippen LogP contribution in [0.1, 0.15) is 0 Å². The lowest BCUT2D eigenvalue weighted by atomic mass is 10.6. The van der Waals surface area contributed by atoms with Crippen LogP contribution in [0.5, 0.6) is 0 Å². The van der Waals surface area contributed by atoms with Gasteiger partial charge >= 0.3 is 0 Å². The minimum absolute atomic E-state index is 0.546. The third-order valence-corrected chi connectivity index (χ3v) is 0.944. The molecule has 5 heteroatoms. The predicted octanol–water partition coefficient (Wildman–Crippen LogP) is -0.452. The number of nitrogens with zero attached hydrogens (tertiary/aromatic N) is 4. The van der Waals surface area contributed by atoms with E-state index in [1.54, 1.807) is 0 Å². The normalized spacial score (nSPS) is 10.2. The lowest BCUT2D eigenvalue weighted by Gasteiger charge is -1.77. The summed E-state index contributed by atoms with van der Waals surface area (Å²) in [5.41, 5.74) is 1.18. The van der Waals surface area contributed by atoms with Crippen molar-refractivity contribution in [2.75, 3.05) is 0 Å². The van der Waals surface area contributed by atoms with E-state index < -0.39 is 0 Å². The summed E-state index contributed by atoms with van der Waals surface area (Å²) in [5.74, 6) is 0. The van der Waals surface area contributed by atoms with Crippen molar-refractivity contribution in [2.24, 2.45) is 0 Å². The van der Waals surface area contributed by atoms with Crippen LogP contribution in [0.2, 0.25) is 0 Å². The van der Waals surface area contributed by atoms with Crippen molar-refractivity contribution in [3.8, 4) is 0 Å². The van der Waals surface area contributed by atoms with Crippen LogP contribution >= 0.6 is 0 Å². The molecule has 0 unspecified atom stereocenters. The molecule has 0 aliphatic heterocycles. The molecule has 0 saturated carbocycles. The number of aromatic nitrogens is 5. The van der Waals surface area contributed by atoms with E-state index in [0.29, 0.717) is 11.2 Å². The van der Waals surface area contributed by atoms with Crippen molar-refractivity contribution in [1.29, 1.82) is 0 Å². The van der Waals surface area contributed by atoms with Gasteiger partial charge in [0.2, 0.25) is 5.65 Å². The van der Waals surface area contributed by atoms with Crippen LogP contribution < -0.4 is 0 Å². The number of aromatic amines is 1. The second-order valence-corrected chi connectivity index (χ2v) is 1.50. The maximum absolute atomic E-state index is 3.79. The van der Waals surface area contributed by atoms with Gasteiger partial charge in [-0.1, -0.05) is 5.21 Å². The molecule has 2 aromatic heterocycles. The van der Waals surface area contributed by atoms with Gasteiger partial charge in [-0.15, -0.1) is 5.10 Å². The highest BCUT2D eigenvalue weighted by Gasteiger charge is 1.93. The van der Waals surface area contributed by atoms with Crippen LogP contribution in [-0.2, 0) is 0 Å². The number of nitrogens with one attached hydrogen (secondary N) is 1. The lowest BCUT2D eigenvalue weighted by molar-refractivity contribution is 0.954. The van der Waals surface area contributed by atoms with Gasteiger partial charge in [0.15, 0.2) is 0 Å². The molecule has 2 rings (SSSR count). The zero-order valence-corrected chi connectivity index (χ0v) is 4.37. The number of hydrogen-bond donors (Lipinski definition) is 1. The Hall–Kier alpha value is -1.52. The van der Waals surface area contributed by atoms with Crippen molar-refractivity contribution in [3.63, 3.8) is 0 Å². The quantitative estimate of drug-likeness (QED) is 0.511. The fraction of sp³-hybridized carbons (Fsp3) is 0. The van der Waals surface area contributed by atoms with Crippen molar-refractivity contribution >= 4 is 11.2 Å². The molecule has 0 amide bonds. The third kappa shape index (κ3) is 0.543. The molecule has 2 aromatic rings. The fourth-order valence-corrected chi connectivity index (χ4v) is 0.565. The van der Waals surface area contributed by atoms with E-state index in [9.17, 15) is 0 Å². The summed E-state index contributed by atoms with van der Waals surface area (Å²) in [6.07, 6.45) is 4.02. The van der Waals surface area contributed by atoms with Crippen LogP contribution in [0, 0.1) is 6.20 Å². The molecular weight excluding hydrogens is 118 g/mol. The molecular formula is C4H2N5. The lowest BCUT2D eigenvalue weighted by Crippen LogP contribution is -1.77. The molecule has 2 heterocycles. The first-order chi connectivity index (χ1) is 4.47. The monoisotopic (exact) mass is 120 g/mol. The molecule has 0 atom stereocenters. The van der Waals surface area contributed by atoms with E-state index >= 15 is 0 Å². The van der Waals surface area contributed by atoms with Gasteiger partial charge in [0.1, 0.15) is 18.0 Å². The largest absolute Gasteiger partial charge is 0.254 e. The number of hydrogen-bond acceptors (Lipinski definition) is 4. The standard InChI is InChI=1S/C4H2N5/c1-3-4(6-2-5-1)8-9-7-3/h2H,(H,5,6,7,8,9). The summed E-state index contributed by atoms with van der Waals surface area (Å²) < 4.78 is 0. The van der Waals surface area contributed by atoms with Crippen molar-refractivity contribution in [1.82, 2.24) is 25.4 Å². The molecule has 0 aliphatic carbocycles. The molecule has 0 fully saturated rings. The third-order valence-electron chi connectivity index (χ3n) is 0.944. The SMILES string of the molecule is [c]1ncnc2nn[nH]c12. The summed E-state index contributed by atoms with van der Waals surface area (Å²) in [7, 11) is 0. The highest BCUT2D eigenvalue weighted by molar-refractivity contribution is 5.65. The molecule has 43 valence electrons. The fourth-order valence-electron chi connectivity index (χ4n) is 0.565. The molecule has 0 saturated heterocycles. The van der Waals surface area contributed by atoms with E-state index in [2.05, 4.69) is 31.6 Å². The first-order valence-electron chi connectivity index (χ1n) is 2.36. The Balaban J connectivity index is 2.95. The van der Waals surface area contributed by atoms with Crippen LogP contribution in [-0.4, -0.2) is 25.4 Å². The first-order valence-corrected chi connectivity index (χ1v) is 2.36. The molecule has 1 radical (unpaired) electrons. The van der Waals surface area contributed by atoms with Crippen LogP contribution in [0.3, 0.4) is 0 Å². The summed E-state index contributed by atoms with van der Waals surface area (Å²) in [6.45, 7) is 0. The second-order valence-electron chi connectivity index (χ2n) is 1.50. The molecule has 1 N–H and O–H groups in total. The summed E-state index contributed by atoms with van der Waals surface area (Å²) in [6, 6.07) is 0. The number of rotatable bonds is 0. The van der Waals surface area contributed by atoms with Crippen LogP contribution in [0.25, 0.3) is 11.2 Å². The van der Waals surface area contributed by atoms with Crippen LogP contribution in [0.15, 0.2) is 6.33 Å². The average molecular weight is 120 g/mol. The zero-order chi connectivity index (χ0) is 6.10. The second kappa shape index (κ2) is 1.48. The van der Waals surface area contributed by atoms with Gasteiger partial charge in [0, 0.05) is 0 Å². The van der Waals surface area contributed by atoms with E-state index in [4.69, 9.17) is 0 Å². The van der Waals surface area contributed by atoms with E-state index in [1.807, 2.05) is 0 Å². The first kappa shape index (κ1) is 4.37. The minimum Gasteiger partial charge on any atom is -0.254 e. The Morgan fingerprint density at radius 1 is 1.56 bits per heavy atom. The average Bonchev–Trinajstić information content (AvgIpc) is 2.33. The van der Waals surface area contributed by atoms with Gasteiger partial charge in [0.05, 0.1) is 0 Å². The smallest absolute Gasteiger partial charge is 0.205 e. The van der Waals surface area contributed by atoms with Gasteiger partial charge in [-0.3, -0.25) is 5.10 Å². The van der Waals surface area contributed by atoms with Crippen molar-refractivity contribution in [3.05, 3.63) is 12.5 Å². The molecule has 5 nitrogen and oxygen atoms in total. The van der Waals surface area contributed by atoms with Crippen molar-refractivity contribution in [2.45, 2.75) is 0 Å². The summed E-state index contributed by atoms with van der Waals surface area (Å²) >= 11 is 0. The van der Waals surface area contributed by atoms with Crippen molar-refractivity contribution < 1.29 is 0 Å². The molecule has 0 bridgehead atoms. The Bertz CT molecular complexity index is 283. The van der Waals surface area contributed by atoms with Gasteiger partial charge in [-0.25, -0.2) is 9.97 Å². The van der Waals surface area contributed by atoms with Gasteiger partial charge in [0.25, 0.3) is 0 Å². The topological polar surface area (TPSA) is 67.3 Å². The predicted molar refractivity (Wildman–Crippen MR) is 28.3 cm³/mol. The zero-order valence-electron chi connectivity index (χ0n) is 4.37. The summed E-state index contributed by atoms with van der Waals surface area (Å²) in [4.78, 5) is 7.43. The maximum atomic E-state index is 3.79. The highest BCUT2D eigenvalue weighted by atomic mass is 15.3. The molecule has 0 spiro atoms. The number of fused-ring (bicyclic) bond motifs is 1. The Kier molecular flexibility index (Phi) is 0.717. The maximum Gasteiger partial charge on any atom is 0.205 e. The van der Waals surface area contributed by atoms with Crippen LogP contribution in [0.4, 0.5) is 0 Å². The molecule has 9 heavy (non-hydrogen) atoms. The van der Waals surface area contributed by atoms with Gasteiger partial charge < -0.3 is 0 Å². The highest BCUT2D eigenvalue weighted by Crippen LogP contribution is 1.96. The van der Waals surface area contributed by atoms with E-state index in [-0.39, 0.29) is 0 Å². The Labute approximate surface area is 50.1 Å². The summed E-state index contributed by atoms with van der Waals surface area (Å²) in [5, 5.41) is 9.70. The number of H-pyrrole nitrogens is 1. The van der Waals surface area contributed by atoms with Gasteiger partial charge in [-0.2, -0.15) is 0 Å². The van der Waals surface area contributed by atoms with E-state index in [1.165, 1.54) is 6.33 Å². The Morgan fingerprint density at radius 2 is 2.56 bits per heavy atom.